The number of nitrogens with zero attached hydrogens (tertiary/aromatic N) is 2. The highest BCUT2D eigenvalue weighted by atomic mass is 35.5. The van der Waals surface area contributed by atoms with Gasteiger partial charge in [0.25, 0.3) is 11.6 Å². The van der Waals surface area contributed by atoms with Crippen LogP contribution in [0, 0.1) is 21.4 Å². The Bertz CT molecular complexity index is 1100. The van der Waals surface area contributed by atoms with Crippen molar-refractivity contribution in [1.29, 1.82) is 5.26 Å². The molecule has 1 N–H and O–H groups in total. The lowest BCUT2D eigenvalue weighted by Gasteiger charge is -2.19. The summed E-state index contributed by atoms with van der Waals surface area (Å²) in [6.07, 6.45) is -1.03. The van der Waals surface area contributed by atoms with Crippen molar-refractivity contribution in [3.8, 4) is 11.8 Å². The molecule has 29 heavy (non-hydrogen) atoms. The molecule has 0 bridgehead atoms. The van der Waals surface area contributed by atoms with E-state index < -0.39 is 16.9 Å². The fourth-order valence-corrected chi connectivity index (χ4v) is 2.82. The lowest BCUT2D eigenvalue weighted by atomic mass is 10.1. The van der Waals surface area contributed by atoms with Crippen LogP contribution in [0.15, 0.2) is 72.8 Å². The molecule has 3 rings (SSSR count). The first-order chi connectivity index (χ1) is 14.0. The quantitative estimate of drug-likeness (QED) is 0.463. The van der Waals surface area contributed by atoms with Crippen LogP contribution in [0.1, 0.15) is 17.2 Å². The van der Waals surface area contributed by atoms with Gasteiger partial charge in [-0.3, -0.25) is 14.9 Å². The molecule has 7 nitrogen and oxygen atoms in total. The van der Waals surface area contributed by atoms with Crippen LogP contribution in [0.4, 0.5) is 11.4 Å². The molecule has 0 saturated heterocycles. The van der Waals surface area contributed by atoms with Crippen LogP contribution in [0.2, 0.25) is 5.02 Å². The predicted molar refractivity (Wildman–Crippen MR) is 108 cm³/mol. The predicted octanol–water partition coefficient (Wildman–Crippen LogP) is 4.88. The van der Waals surface area contributed by atoms with Crippen LogP contribution in [0.25, 0.3) is 0 Å². The Morgan fingerprint density at radius 2 is 1.86 bits per heavy atom. The summed E-state index contributed by atoms with van der Waals surface area (Å²) in [7, 11) is 0. The van der Waals surface area contributed by atoms with Gasteiger partial charge >= 0.3 is 0 Å². The number of nitrogens with one attached hydrogen (secondary N) is 1. The minimum atomic E-state index is -1.03. The average molecular weight is 408 g/mol. The number of benzene rings is 3. The largest absolute Gasteiger partial charge is 0.476 e. The number of hydrogen-bond donors (Lipinski definition) is 1. The normalized spacial score (nSPS) is 11.2. The fraction of sp³-hybridized carbons (Fsp3) is 0.0476. The van der Waals surface area contributed by atoms with Crippen LogP contribution >= 0.6 is 11.6 Å². The number of amides is 1. The van der Waals surface area contributed by atoms with Crippen molar-refractivity contribution in [3.05, 3.63) is 99.1 Å². The number of nitro groups is 1. The van der Waals surface area contributed by atoms with Crippen LogP contribution < -0.4 is 10.1 Å². The summed E-state index contributed by atoms with van der Waals surface area (Å²) >= 11 is 6.07. The molecule has 0 aliphatic heterocycles. The van der Waals surface area contributed by atoms with Gasteiger partial charge in [0.2, 0.25) is 6.10 Å². The zero-order valence-electron chi connectivity index (χ0n) is 14.9. The Hall–Kier alpha value is -3.89. The number of hydrogen-bond acceptors (Lipinski definition) is 5. The lowest BCUT2D eigenvalue weighted by molar-refractivity contribution is -0.384. The molecule has 1 unspecified atom stereocenters. The topological polar surface area (TPSA) is 105 Å². The number of non-ortho nitro benzene ring substituents is 1. The summed E-state index contributed by atoms with van der Waals surface area (Å²) in [6.45, 7) is 0. The van der Waals surface area contributed by atoms with Gasteiger partial charge in [0, 0.05) is 17.7 Å². The van der Waals surface area contributed by atoms with Crippen LogP contribution in [-0.2, 0) is 4.79 Å². The summed E-state index contributed by atoms with van der Waals surface area (Å²) in [4.78, 5) is 23.2. The zero-order valence-corrected chi connectivity index (χ0v) is 15.7. The van der Waals surface area contributed by atoms with Gasteiger partial charge in [-0.05, 0) is 24.3 Å². The van der Waals surface area contributed by atoms with Gasteiger partial charge < -0.3 is 10.1 Å². The summed E-state index contributed by atoms with van der Waals surface area (Å²) < 4.78 is 5.86. The standard InChI is InChI=1S/C21H14ClN3O4/c22-18-12-16(25(27)28)9-10-19(18)24-21(26)20(15-6-2-1-3-7-15)29-17-8-4-5-14(11-17)13-23/h1-12,20H,(H,24,26). The van der Waals surface area contributed by atoms with E-state index in [1.807, 2.05) is 12.1 Å². The van der Waals surface area contributed by atoms with Gasteiger partial charge in [-0.2, -0.15) is 5.26 Å². The molecule has 1 atom stereocenters. The second kappa shape index (κ2) is 8.87. The Morgan fingerprint density at radius 3 is 2.52 bits per heavy atom. The third-order valence-electron chi connectivity index (χ3n) is 3.98. The molecule has 3 aromatic carbocycles. The zero-order chi connectivity index (χ0) is 20.8. The van der Waals surface area contributed by atoms with E-state index in [-0.39, 0.29) is 16.4 Å². The van der Waals surface area contributed by atoms with E-state index in [1.165, 1.54) is 18.2 Å². The summed E-state index contributed by atoms with van der Waals surface area (Å²) in [6, 6.07) is 21.0. The van der Waals surface area contributed by atoms with Gasteiger partial charge in [0.05, 0.1) is 27.3 Å². The van der Waals surface area contributed by atoms with E-state index in [4.69, 9.17) is 21.6 Å². The van der Waals surface area contributed by atoms with Crippen LogP contribution in [0.3, 0.4) is 0 Å². The average Bonchev–Trinajstić information content (AvgIpc) is 2.74. The molecule has 0 aliphatic rings. The number of carbonyl (C=O) groups is 1. The third kappa shape index (κ3) is 4.89. The molecular formula is C21H14ClN3O4. The molecule has 0 fully saturated rings. The van der Waals surface area contributed by atoms with Crippen molar-refractivity contribution in [2.24, 2.45) is 0 Å². The van der Waals surface area contributed by atoms with Gasteiger partial charge in [0.15, 0.2) is 0 Å². The van der Waals surface area contributed by atoms with E-state index in [0.29, 0.717) is 16.9 Å². The molecule has 0 saturated carbocycles. The van der Waals surface area contributed by atoms with Gasteiger partial charge in [-0.1, -0.05) is 48.0 Å². The Labute approximate surface area is 171 Å². The summed E-state index contributed by atoms with van der Waals surface area (Å²) in [5.41, 5.74) is 1.02. The number of anilines is 1. The van der Waals surface area contributed by atoms with Gasteiger partial charge in [-0.15, -0.1) is 0 Å². The number of nitriles is 1. The molecule has 1 amide bonds. The minimum Gasteiger partial charge on any atom is -0.476 e. The number of rotatable bonds is 6. The molecule has 0 aliphatic carbocycles. The van der Waals surface area contributed by atoms with Gasteiger partial charge in [0.1, 0.15) is 5.75 Å². The minimum absolute atomic E-state index is 0.0332. The number of nitro benzene ring substituents is 1. The summed E-state index contributed by atoms with van der Waals surface area (Å²) in [5, 5.41) is 22.6. The first-order valence-corrected chi connectivity index (χ1v) is 8.82. The Balaban J connectivity index is 1.89. The Morgan fingerprint density at radius 1 is 1.10 bits per heavy atom. The van der Waals surface area contributed by atoms with Gasteiger partial charge in [-0.25, -0.2) is 0 Å². The SMILES string of the molecule is N#Cc1cccc(OC(C(=O)Nc2ccc([N+](=O)[O-])cc2Cl)c2ccccc2)c1. The van der Waals surface area contributed by atoms with Crippen molar-refractivity contribution in [1.82, 2.24) is 0 Å². The van der Waals surface area contributed by atoms with E-state index in [9.17, 15) is 14.9 Å². The summed E-state index contributed by atoms with van der Waals surface area (Å²) in [5.74, 6) is -0.169. The molecule has 3 aromatic rings. The first-order valence-electron chi connectivity index (χ1n) is 8.44. The smallest absolute Gasteiger partial charge is 0.271 e. The van der Waals surface area contributed by atoms with Crippen molar-refractivity contribution in [2.75, 3.05) is 5.32 Å². The van der Waals surface area contributed by atoms with Crippen molar-refractivity contribution in [2.45, 2.75) is 6.10 Å². The Kier molecular flexibility index (Phi) is 6.07. The second-order valence-corrected chi connectivity index (χ2v) is 6.37. The molecule has 0 aromatic heterocycles. The highest BCUT2D eigenvalue weighted by molar-refractivity contribution is 6.34. The lowest BCUT2D eigenvalue weighted by Crippen LogP contribution is -2.25. The number of ether oxygens (including phenoxy) is 1. The van der Waals surface area contributed by atoms with Crippen LogP contribution in [0.5, 0.6) is 5.75 Å². The van der Waals surface area contributed by atoms with Crippen molar-refractivity contribution in [3.63, 3.8) is 0 Å². The first kappa shape index (κ1) is 19.9. The highest BCUT2D eigenvalue weighted by Crippen LogP contribution is 2.29. The fourth-order valence-electron chi connectivity index (χ4n) is 2.59. The monoisotopic (exact) mass is 407 g/mol. The number of halogens is 1. The highest BCUT2D eigenvalue weighted by Gasteiger charge is 2.24. The van der Waals surface area contributed by atoms with E-state index in [0.717, 1.165) is 6.07 Å². The maximum absolute atomic E-state index is 12.9. The maximum Gasteiger partial charge on any atom is 0.271 e. The second-order valence-electron chi connectivity index (χ2n) is 5.96. The molecular weight excluding hydrogens is 394 g/mol. The number of carbonyl (C=O) groups excluding carboxylic acids is 1. The third-order valence-corrected chi connectivity index (χ3v) is 4.29. The molecule has 8 heteroatoms. The van der Waals surface area contributed by atoms with Crippen molar-refractivity contribution < 1.29 is 14.5 Å². The van der Waals surface area contributed by atoms with E-state index >= 15 is 0 Å². The molecule has 0 radical (unpaired) electrons. The molecule has 144 valence electrons. The molecule has 0 spiro atoms. The van der Waals surface area contributed by atoms with Crippen LogP contribution in [-0.4, -0.2) is 10.8 Å². The molecule has 0 heterocycles. The van der Waals surface area contributed by atoms with E-state index in [2.05, 4.69) is 5.32 Å². The van der Waals surface area contributed by atoms with Crippen molar-refractivity contribution >= 4 is 28.9 Å². The van der Waals surface area contributed by atoms with E-state index in [1.54, 1.807) is 42.5 Å². The maximum atomic E-state index is 12.9.